The van der Waals surface area contributed by atoms with Crippen LogP contribution in [0.25, 0.3) is 21.5 Å². The van der Waals surface area contributed by atoms with Crippen LogP contribution >= 0.6 is 11.3 Å². The molecular weight excluding hydrogens is 410 g/mol. The highest BCUT2D eigenvalue weighted by Gasteiger charge is 2.36. The molecule has 5 rings (SSSR count). The number of hydrogen-bond acceptors (Lipinski definition) is 5. The zero-order valence-electron chi connectivity index (χ0n) is 17.2. The average molecular weight is 432 g/mol. The van der Waals surface area contributed by atoms with Crippen molar-refractivity contribution >= 4 is 44.7 Å². The van der Waals surface area contributed by atoms with Gasteiger partial charge in [-0.15, -0.1) is 0 Å². The molecule has 2 amide bonds. The van der Waals surface area contributed by atoms with Crippen molar-refractivity contribution < 1.29 is 9.59 Å². The minimum Gasteiger partial charge on any atom is -0.333 e. The van der Waals surface area contributed by atoms with E-state index in [-0.39, 0.29) is 18.2 Å². The van der Waals surface area contributed by atoms with Gasteiger partial charge in [0.25, 0.3) is 0 Å². The lowest BCUT2D eigenvalue weighted by atomic mass is 10.1. The number of aromatic nitrogens is 3. The molecular formula is C23H21N5O2S. The van der Waals surface area contributed by atoms with Crippen LogP contribution in [0.4, 0.5) is 10.8 Å². The third kappa shape index (κ3) is 3.48. The molecule has 2 aromatic heterocycles. The maximum Gasteiger partial charge on any atom is 0.231 e. The summed E-state index contributed by atoms with van der Waals surface area (Å²) >= 11 is 1.39. The van der Waals surface area contributed by atoms with E-state index >= 15 is 0 Å². The largest absolute Gasteiger partial charge is 0.333 e. The molecule has 3 heterocycles. The van der Waals surface area contributed by atoms with Gasteiger partial charge in [-0.1, -0.05) is 47.7 Å². The van der Waals surface area contributed by atoms with Crippen LogP contribution < -0.4 is 10.2 Å². The van der Waals surface area contributed by atoms with Gasteiger partial charge in [0.05, 0.1) is 22.2 Å². The van der Waals surface area contributed by atoms with Gasteiger partial charge in [0.15, 0.2) is 11.0 Å². The van der Waals surface area contributed by atoms with Crippen LogP contribution in [-0.4, -0.2) is 32.9 Å². The Morgan fingerprint density at radius 3 is 2.81 bits per heavy atom. The molecule has 4 aromatic rings. The molecule has 1 fully saturated rings. The van der Waals surface area contributed by atoms with Crippen LogP contribution in [0.15, 0.2) is 54.9 Å². The number of carbonyl (C=O) groups is 2. The number of benzene rings is 2. The van der Waals surface area contributed by atoms with Gasteiger partial charge in [-0.2, -0.15) is 0 Å². The Bertz CT molecular complexity index is 1300. The third-order valence-corrected chi connectivity index (χ3v) is 6.67. The van der Waals surface area contributed by atoms with Crippen LogP contribution in [0.3, 0.4) is 0 Å². The predicted molar refractivity (Wildman–Crippen MR) is 122 cm³/mol. The van der Waals surface area contributed by atoms with Gasteiger partial charge in [0.2, 0.25) is 11.8 Å². The lowest BCUT2D eigenvalue weighted by Gasteiger charge is -2.18. The monoisotopic (exact) mass is 431 g/mol. The van der Waals surface area contributed by atoms with E-state index in [1.807, 2.05) is 67.2 Å². The predicted octanol–water partition coefficient (Wildman–Crippen LogP) is 4.00. The lowest BCUT2D eigenvalue weighted by Crippen LogP contribution is -2.28. The van der Waals surface area contributed by atoms with E-state index in [4.69, 9.17) is 0 Å². The van der Waals surface area contributed by atoms with Gasteiger partial charge in [0.1, 0.15) is 0 Å². The number of fused-ring (bicyclic) bond motifs is 1. The molecule has 1 N–H and O–H groups in total. The van der Waals surface area contributed by atoms with Crippen molar-refractivity contribution in [3.05, 3.63) is 60.6 Å². The Morgan fingerprint density at radius 1 is 1.19 bits per heavy atom. The number of imidazole rings is 1. The molecule has 1 atom stereocenters. The lowest BCUT2D eigenvalue weighted by molar-refractivity contribution is -0.122. The quantitative estimate of drug-likeness (QED) is 0.530. The second-order valence-electron chi connectivity index (χ2n) is 7.69. The Kier molecular flexibility index (Phi) is 4.78. The number of aryl methyl sites for hydroxylation is 2. The van der Waals surface area contributed by atoms with Crippen molar-refractivity contribution in [1.82, 2.24) is 14.5 Å². The van der Waals surface area contributed by atoms with Crippen LogP contribution in [0.2, 0.25) is 0 Å². The fraction of sp³-hybridized carbons (Fsp3) is 0.217. The average Bonchev–Trinajstić information content (AvgIpc) is 3.46. The van der Waals surface area contributed by atoms with E-state index in [1.165, 1.54) is 11.3 Å². The Hall–Kier alpha value is -3.52. The molecule has 1 aliphatic rings. The Balaban J connectivity index is 1.35. The SMILES string of the molecule is Cc1nc(NC(=O)C2CC(=O)N(c3cccc4ccccc34)C2)sc1-c1nccn1C. The summed E-state index contributed by atoms with van der Waals surface area (Å²) in [6, 6.07) is 13.9. The van der Waals surface area contributed by atoms with Crippen LogP contribution in [-0.2, 0) is 16.6 Å². The first-order valence-electron chi connectivity index (χ1n) is 10.1. The summed E-state index contributed by atoms with van der Waals surface area (Å²) in [5.41, 5.74) is 1.66. The molecule has 1 aliphatic heterocycles. The van der Waals surface area contributed by atoms with Gasteiger partial charge in [0, 0.05) is 37.8 Å². The topological polar surface area (TPSA) is 80.1 Å². The van der Waals surface area contributed by atoms with E-state index in [9.17, 15) is 9.59 Å². The smallest absolute Gasteiger partial charge is 0.231 e. The van der Waals surface area contributed by atoms with E-state index in [1.54, 1.807) is 11.1 Å². The fourth-order valence-electron chi connectivity index (χ4n) is 4.01. The van der Waals surface area contributed by atoms with Crippen molar-refractivity contribution in [1.29, 1.82) is 0 Å². The summed E-state index contributed by atoms with van der Waals surface area (Å²) in [7, 11) is 1.92. The zero-order valence-corrected chi connectivity index (χ0v) is 18.0. The summed E-state index contributed by atoms with van der Waals surface area (Å²) in [6.45, 7) is 2.26. The van der Waals surface area contributed by atoms with Crippen molar-refractivity contribution in [2.24, 2.45) is 13.0 Å². The highest BCUT2D eigenvalue weighted by atomic mass is 32.1. The summed E-state index contributed by atoms with van der Waals surface area (Å²) in [5.74, 6) is 0.165. The van der Waals surface area contributed by atoms with Crippen LogP contribution in [0.5, 0.6) is 0 Å². The van der Waals surface area contributed by atoms with Crippen molar-refractivity contribution in [2.75, 3.05) is 16.8 Å². The molecule has 1 saturated heterocycles. The molecule has 0 radical (unpaired) electrons. The highest BCUT2D eigenvalue weighted by molar-refractivity contribution is 7.19. The summed E-state index contributed by atoms with van der Waals surface area (Å²) in [5, 5.41) is 5.51. The number of nitrogens with zero attached hydrogens (tertiary/aromatic N) is 4. The molecule has 0 bridgehead atoms. The molecule has 0 spiro atoms. The van der Waals surface area contributed by atoms with Gasteiger partial charge < -0.3 is 14.8 Å². The third-order valence-electron chi connectivity index (χ3n) is 5.60. The summed E-state index contributed by atoms with van der Waals surface area (Å²) < 4.78 is 1.92. The maximum absolute atomic E-state index is 12.9. The Labute approximate surface area is 183 Å². The van der Waals surface area contributed by atoms with E-state index in [0.717, 1.165) is 32.9 Å². The fourth-order valence-corrected chi connectivity index (χ4v) is 5.02. The standard InChI is InChI=1S/C23H21N5O2S/c1-14-20(21-24-10-11-27(21)2)31-23(25-14)26-22(30)16-12-19(29)28(13-16)18-9-5-7-15-6-3-4-8-17(15)18/h3-11,16H,12-13H2,1-2H3,(H,25,26,30). The van der Waals surface area contributed by atoms with Crippen molar-refractivity contribution in [3.8, 4) is 10.7 Å². The molecule has 1 unspecified atom stereocenters. The number of nitrogens with one attached hydrogen (secondary N) is 1. The number of carbonyl (C=O) groups excluding carboxylic acids is 2. The second-order valence-corrected chi connectivity index (χ2v) is 8.69. The molecule has 0 saturated carbocycles. The zero-order chi connectivity index (χ0) is 21.5. The summed E-state index contributed by atoms with van der Waals surface area (Å²) in [4.78, 5) is 37.2. The highest BCUT2D eigenvalue weighted by Crippen LogP contribution is 2.34. The van der Waals surface area contributed by atoms with Gasteiger partial charge in [-0.25, -0.2) is 9.97 Å². The normalized spacial score (nSPS) is 16.3. The maximum atomic E-state index is 12.9. The van der Waals surface area contributed by atoms with Crippen LogP contribution in [0, 0.1) is 12.8 Å². The molecule has 7 nitrogen and oxygen atoms in total. The van der Waals surface area contributed by atoms with E-state index < -0.39 is 5.92 Å². The first kappa shape index (κ1) is 19.4. The van der Waals surface area contributed by atoms with Crippen LogP contribution in [0.1, 0.15) is 12.1 Å². The molecule has 0 aliphatic carbocycles. The number of amides is 2. The number of thiazole rings is 1. The van der Waals surface area contributed by atoms with Gasteiger partial charge in [-0.05, 0) is 18.4 Å². The molecule has 8 heteroatoms. The van der Waals surface area contributed by atoms with Crippen molar-refractivity contribution in [2.45, 2.75) is 13.3 Å². The first-order chi connectivity index (χ1) is 15.0. The number of anilines is 2. The van der Waals surface area contributed by atoms with E-state index in [2.05, 4.69) is 15.3 Å². The van der Waals surface area contributed by atoms with Gasteiger partial charge in [-0.3, -0.25) is 9.59 Å². The molecule has 2 aromatic carbocycles. The Morgan fingerprint density at radius 2 is 2.00 bits per heavy atom. The second kappa shape index (κ2) is 7.63. The number of hydrogen-bond donors (Lipinski definition) is 1. The van der Waals surface area contributed by atoms with Crippen molar-refractivity contribution in [3.63, 3.8) is 0 Å². The minimum atomic E-state index is -0.424. The van der Waals surface area contributed by atoms with E-state index in [0.29, 0.717) is 11.7 Å². The van der Waals surface area contributed by atoms with Gasteiger partial charge >= 0.3 is 0 Å². The first-order valence-corrected chi connectivity index (χ1v) is 10.9. The number of rotatable bonds is 4. The minimum absolute atomic E-state index is 0.0412. The molecule has 31 heavy (non-hydrogen) atoms. The molecule has 156 valence electrons. The summed E-state index contributed by atoms with van der Waals surface area (Å²) in [6.07, 6.45) is 3.79.